The predicted octanol–water partition coefficient (Wildman–Crippen LogP) is 2.61. The maximum atomic E-state index is 11.4. The van der Waals surface area contributed by atoms with E-state index in [1.807, 2.05) is 12.1 Å². The van der Waals surface area contributed by atoms with E-state index in [9.17, 15) is 4.79 Å². The van der Waals surface area contributed by atoms with Crippen LogP contribution in [0.25, 0.3) is 0 Å². The molecule has 3 nitrogen and oxygen atoms in total. The van der Waals surface area contributed by atoms with Gasteiger partial charge in [-0.05, 0) is 36.6 Å². The first-order chi connectivity index (χ1) is 8.65. The zero-order chi connectivity index (χ0) is 13.0. The van der Waals surface area contributed by atoms with Crippen LogP contribution in [0.5, 0.6) is 0 Å². The Morgan fingerprint density at radius 3 is 2.44 bits per heavy atom. The lowest BCUT2D eigenvalue weighted by atomic mass is 10.2. The standard InChI is InChI=1S/C13H16Cl2N2O/c14-11-5-9(6-12(15)7-11)8-16-3-4-17-13(18)10-1-2-10/h5-7,10,16H,1-4,8H2,(H,17,18). The van der Waals surface area contributed by atoms with Crippen molar-refractivity contribution in [1.82, 2.24) is 10.6 Å². The van der Waals surface area contributed by atoms with Crippen LogP contribution in [0.4, 0.5) is 0 Å². The van der Waals surface area contributed by atoms with Gasteiger partial charge in [0.1, 0.15) is 0 Å². The normalized spacial score (nSPS) is 14.6. The number of nitrogens with one attached hydrogen (secondary N) is 2. The number of hydrogen-bond donors (Lipinski definition) is 2. The molecule has 0 atom stereocenters. The number of halogens is 2. The van der Waals surface area contributed by atoms with E-state index < -0.39 is 0 Å². The first kappa shape index (κ1) is 13.7. The van der Waals surface area contributed by atoms with Crippen molar-refractivity contribution in [2.75, 3.05) is 13.1 Å². The van der Waals surface area contributed by atoms with E-state index in [0.717, 1.165) is 24.9 Å². The van der Waals surface area contributed by atoms with Crippen LogP contribution in [0.15, 0.2) is 18.2 Å². The minimum absolute atomic E-state index is 0.183. The molecule has 2 N–H and O–H groups in total. The predicted molar refractivity (Wildman–Crippen MR) is 73.9 cm³/mol. The average molecular weight is 287 g/mol. The van der Waals surface area contributed by atoms with E-state index in [4.69, 9.17) is 23.2 Å². The van der Waals surface area contributed by atoms with Gasteiger partial charge < -0.3 is 10.6 Å². The first-order valence-corrected chi connectivity index (χ1v) is 6.84. The molecular formula is C13H16Cl2N2O. The fourth-order valence-corrected chi connectivity index (χ4v) is 2.28. The Morgan fingerprint density at radius 2 is 1.83 bits per heavy atom. The van der Waals surface area contributed by atoms with Gasteiger partial charge in [0.2, 0.25) is 5.91 Å². The van der Waals surface area contributed by atoms with Crippen molar-refractivity contribution in [1.29, 1.82) is 0 Å². The molecule has 0 unspecified atom stereocenters. The van der Waals surface area contributed by atoms with Crippen molar-refractivity contribution in [3.05, 3.63) is 33.8 Å². The van der Waals surface area contributed by atoms with Crippen molar-refractivity contribution in [3.8, 4) is 0 Å². The number of carbonyl (C=O) groups excluding carboxylic acids is 1. The zero-order valence-corrected chi connectivity index (χ0v) is 11.5. The van der Waals surface area contributed by atoms with Crippen LogP contribution in [-0.4, -0.2) is 19.0 Å². The van der Waals surface area contributed by atoms with Crippen LogP contribution in [0.2, 0.25) is 10.0 Å². The van der Waals surface area contributed by atoms with Gasteiger partial charge in [-0.1, -0.05) is 23.2 Å². The Morgan fingerprint density at radius 1 is 1.17 bits per heavy atom. The van der Waals surface area contributed by atoms with E-state index in [-0.39, 0.29) is 11.8 Å². The SMILES string of the molecule is O=C(NCCNCc1cc(Cl)cc(Cl)c1)C1CC1. The largest absolute Gasteiger partial charge is 0.355 e. The second-order valence-electron chi connectivity index (χ2n) is 4.52. The van der Waals surface area contributed by atoms with Gasteiger partial charge in [0.25, 0.3) is 0 Å². The maximum Gasteiger partial charge on any atom is 0.223 e. The summed E-state index contributed by atoms with van der Waals surface area (Å²) in [5.74, 6) is 0.458. The molecular weight excluding hydrogens is 271 g/mol. The Balaban J connectivity index is 1.63. The van der Waals surface area contributed by atoms with Crippen molar-refractivity contribution < 1.29 is 4.79 Å². The lowest BCUT2D eigenvalue weighted by molar-refractivity contribution is -0.122. The quantitative estimate of drug-likeness (QED) is 0.790. The molecule has 1 amide bonds. The second kappa shape index (κ2) is 6.41. The van der Waals surface area contributed by atoms with Crippen molar-refractivity contribution >= 4 is 29.1 Å². The third-order valence-electron chi connectivity index (χ3n) is 2.80. The molecule has 0 aliphatic heterocycles. The summed E-state index contributed by atoms with van der Waals surface area (Å²) in [5, 5.41) is 7.42. The number of rotatable bonds is 6. The highest BCUT2D eigenvalue weighted by molar-refractivity contribution is 6.34. The second-order valence-corrected chi connectivity index (χ2v) is 5.39. The molecule has 0 radical (unpaired) electrons. The fraction of sp³-hybridized carbons (Fsp3) is 0.462. The van der Waals surface area contributed by atoms with Crippen LogP contribution < -0.4 is 10.6 Å². The monoisotopic (exact) mass is 286 g/mol. The molecule has 0 spiro atoms. The number of carbonyl (C=O) groups is 1. The average Bonchev–Trinajstić information content (AvgIpc) is 3.10. The molecule has 0 heterocycles. The van der Waals surface area contributed by atoms with Crippen LogP contribution in [-0.2, 0) is 11.3 Å². The topological polar surface area (TPSA) is 41.1 Å². The van der Waals surface area contributed by atoms with Gasteiger partial charge in [-0.15, -0.1) is 0 Å². The van der Waals surface area contributed by atoms with Gasteiger partial charge >= 0.3 is 0 Å². The van der Waals surface area contributed by atoms with E-state index >= 15 is 0 Å². The summed E-state index contributed by atoms with van der Waals surface area (Å²) < 4.78 is 0. The molecule has 0 saturated heterocycles. The van der Waals surface area contributed by atoms with Gasteiger partial charge in [-0.3, -0.25) is 4.79 Å². The van der Waals surface area contributed by atoms with E-state index in [1.165, 1.54) is 0 Å². The van der Waals surface area contributed by atoms with Gasteiger partial charge in [0.15, 0.2) is 0 Å². The van der Waals surface area contributed by atoms with Crippen LogP contribution in [0.3, 0.4) is 0 Å². The third kappa shape index (κ3) is 4.48. The molecule has 1 fully saturated rings. The molecule has 2 rings (SSSR count). The Bertz CT molecular complexity index is 413. The van der Waals surface area contributed by atoms with E-state index in [1.54, 1.807) is 6.07 Å². The van der Waals surface area contributed by atoms with Crippen LogP contribution in [0, 0.1) is 5.92 Å². The summed E-state index contributed by atoms with van der Waals surface area (Å²) in [6.07, 6.45) is 2.08. The maximum absolute atomic E-state index is 11.4. The molecule has 1 aromatic rings. The number of amides is 1. The Kier molecular flexibility index (Phi) is 4.87. The minimum Gasteiger partial charge on any atom is -0.355 e. The first-order valence-electron chi connectivity index (χ1n) is 6.08. The summed E-state index contributed by atoms with van der Waals surface area (Å²) in [6.45, 7) is 2.09. The summed E-state index contributed by atoms with van der Waals surface area (Å²) in [6, 6.07) is 5.47. The van der Waals surface area contributed by atoms with Gasteiger partial charge in [-0.25, -0.2) is 0 Å². The number of benzene rings is 1. The Hall–Kier alpha value is -0.770. The summed E-state index contributed by atoms with van der Waals surface area (Å²) >= 11 is 11.8. The minimum atomic E-state index is 0.183. The summed E-state index contributed by atoms with van der Waals surface area (Å²) in [4.78, 5) is 11.4. The third-order valence-corrected chi connectivity index (χ3v) is 3.24. The zero-order valence-electron chi connectivity index (χ0n) is 10.0. The molecule has 0 aromatic heterocycles. The molecule has 98 valence electrons. The van der Waals surface area contributed by atoms with Gasteiger partial charge in [-0.2, -0.15) is 0 Å². The highest BCUT2D eigenvalue weighted by Crippen LogP contribution is 2.28. The van der Waals surface area contributed by atoms with Crippen molar-refractivity contribution in [2.24, 2.45) is 5.92 Å². The van der Waals surface area contributed by atoms with Crippen molar-refractivity contribution in [3.63, 3.8) is 0 Å². The Labute approximate surface area is 117 Å². The molecule has 1 aliphatic carbocycles. The lowest BCUT2D eigenvalue weighted by Gasteiger charge is -2.07. The van der Waals surface area contributed by atoms with Crippen LogP contribution >= 0.6 is 23.2 Å². The molecule has 5 heteroatoms. The van der Waals surface area contributed by atoms with Crippen molar-refractivity contribution in [2.45, 2.75) is 19.4 Å². The smallest absolute Gasteiger partial charge is 0.223 e. The number of hydrogen-bond acceptors (Lipinski definition) is 2. The van der Waals surface area contributed by atoms with E-state index in [0.29, 0.717) is 23.1 Å². The molecule has 1 saturated carbocycles. The van der Waals surface area contributed by atoms with Gasteiger partial charge in [0.05, 0.1) is 0 Å². The highest BCUT2D eigenvalue weighted by atomic mass is 35.5. The molecule has 1 aromatic carbocycles. The molecule has 1 aliphatic rings. The summed E-state index contributed by atoms with van der Waals surface area (Å²) in [5.41, 5.74) is 1.04. The van der Waals surface area contributed by atoms with Crippen LogP contribution in [0.1, 0.15) is 18.4 Å². The fourth-order valence-electron chi connectivity index (χ4n) is 1.71. The molecule has 0 bridgehead atoms. The highest BCUT2D eigenvalue weighted by Gasteiger charge is 2.28. The van der Waals surface area contributed by atoms with Gasteiger partial charge in [0, 0.05) is 35.6 Å². The molecule has 18 heavy (non-hydrogen) atoms. The van der Waals surface area contributed by atoms with E-state index in [2.05, 4.69) is 10.6 Å². The summed E-state index contributed by atoms with van der Waals surface area (Å²) in [7, 11) is 0. The lowest BCUT2D eigenvalue weighted by Crippen LogP contribution is -2.32.